The first-order valence-electron chi connectivity index (χ1n) is 13.5. The third kappa shape index (κ3) is 6.70. The van der Waals surface area contributed by atoms with Crippen molar-refractivity contribution in [3.63, 3.8) is 0 Å². The van der Waals surface area contributed by atoms with Gasteiger partial charge in [-0.3, -0.25) is 4.79 Å². The molecule has 0 unspecified atom stereocenters. The molecule has 3 amide bonds. The average molecular weight is 618 g/mol. The van der Waals surface area contributed by atoms with E-state index in [4.69, 9.17) is 4.74 Å². The van der Waals surface area contributed by atoms with Gasteiger partial charge in [0.05, 0.1) is 36.1 Å². The molecule has 3 aromatic rings. The second-order valence-corrected chi connectivity index (χ2v) is 11.3. The van der Waals surface area contributed by atoms with E-state index in [1.165, 1.54) is 11.8 Å². The van der Waals surface area contributed by atoms with Crippen LogP contribution in [0.25, 0.3) is 11.0 Å². The Labute approximate surface area is 240 Å². The highest BCUT2D eigenvalue weighted by atomic mass is 19.4. The number of halogens is 6. The summed E-state index contributed by atoms with van der Waals surface area (Å²) in [6.45, 7) is 2.45. The van der Waals surface area contributed by atoms with Crippen LogP contribution in [0.5, 0.6) is 0 Å². The molecule has 17 heteroatoms. The summed E-state index contributed by atoms with van der Waals surface area (Å²) in [5.74, 6) is -0.643. The summed E-state index contributed by atoms with van der Waals surface area (Å²) in [6.07, 6.45) is -8.69. The van der Waals surface area contributed by atoms with Crippen LogP contribution in [0.2, 0.25) is 0 Å². The van der Waals surface area contributed by atoms with E-state index < -0.39 is 61.0 Å². The Balaban J connectivity index is 1.42. The normalized spacial score (nSPS) is 19.5. The van der Waals surface area contributed by atoms with Crippen LogP contribution in [0.3, 0.4) is 0 Å². The zero-order valence-corrected chi connectivity index (χ0v) is 23.3. The van der Waals surface area contributed by atoms with Crippen LogP contribution < -0.4 is 10.6 Å². The Morgan fingerprint density at radius 1 is 1.19 bits per heavy atom. The van der Waals surface area contributed by atoms with Crippen LogP contribution >= 0.6 is 0 Å². The van der Waals surface area contributed by atoms with Crippen LogP contribution in [0.4, 0.5) is 31.1 Å². The van der Waals surface area contributed by atoms with Crippen LogP contribution in [0, 0.1) is 12.8 Å². The lowest BCUT2D eigenvalue weighted by Gasteiger charge is -2.29. The maximum Gasteiger partial charge on any atom is 0.416 e. The monoisotopic (exact) mass is 617 g/mol. The number of urea groups is 1. The molecule has 2 fully saturated rings. The number of aromatic amines is 1. The molecule has 1 saturated carbocycles. The van der Waals surface area contributed by atoms with Gasteiger partial charge in [0.2, 0.25) is 0 Å². The van der Waals surface area contributed by atoms with Gasteiger partial charge in [0, 0.05) is 6.54 Å². The fourth-order valence-corrected chi connectivity index (χ4v) is 5.00. The van der Waals surface area contributed by atoms with Crippen molar-refractivity contribution in [2.45, 2.75) is 76.1 Å². The van der Waals surface area contributed by atoms with Gasteiger partial charge in [0.25, 0.3) is 5.91 Å². The molecule has 234 valence electrons. The third-order valence-corrected chi connectivity index (χ3v) is 7.55. The summed E-state index contributed by atoms with van der Waals surface area (Å²) in [4.78, 5) is 34.5. The highest BCUT2D eigenvalue weighted by molar-refractivity contribution is 5.93. The summed E-state index contributed by atoms with van der Waals surface area (Å²) in [6, 6.07) is 1.72. The molecule has 0 spiro atoms. The van der Waals surface area contributed by atoms with Gasteiger partial charge in [-0.2, -0.15) is 26.3 Å². The highest BCUT2D eigenvalue weighted by Gasteiger charge is 2.49. The number of imidazole rings is 1. The minimum absolute atomic E-state index is 0.0515. The Hall–Kier alpha value is -3.89. The lowest BCUT2D eigenvalue weighted by atomic mass is 10.00. The smallest absolute Gasteiger partial charge is 0.364 e. The number of carbonyl (C=O) groups excluding carboxylic acids is 2. The van der Waals surface area contributed by atoms with E-state index in [0.29, 0.717) is 16.6 Å². The van der Waals surface area contributed by atoms with Crippen LogP contribution in [0.15, 0.2) is 22.8 Å². The summed E-state index contributed by atoms with van der Waals surface area (Å²) in [7, 11) is 0. The highest BCUT2D eigenvalue weighted by Crippen LogP contribution is 2.46. The van der Waals surface area contributed by atoms with Crippen molar-refractivity contribution < 1.29 is 45.3 Å². The molecule has 3 atom stereocenters. The van der Waals surface area contributed by atoms with E-state index in [-0.39, 0.29) is 29.7 Å². The summed E-state index contributed by atoms with van der Waals surface area (Å²) in [5, 5.41) is 12.0. The maximum atomic E-state index is 13.5. The van der Waals surface area contributed by atoms with E-state index in [0.717, 1.165) is 26.7 Å². The number of ether oxygens (including phenoxy) is 1. The second-order valence-electron chi connectivity index (χ2n) is 11.3. The molecular formula is C26H29F6N7O4. The molecule has 1 saturated heterocycles. The number of alkyl halides is 6. The first-order valence-corrected chi connectivity index (χ1v) is 13.5. The first-order chi connectivity index (χ1) is 20.0. The zero-order valence-electron chi connectivity index (χ0n) is 23.3. The summed E-state index contributed by atoms with van der Waals surface area (Å²) in [5.41, 5.74) is -1.05. The molecule has 11 nitrogen and oxygen atoms in total. The van der Waals surface area contributed by atoms with Crippen LogP contribution in [0.1, 0.15) is 72.8 Å². The van der Waals surface area contributed by atoms with Crippen molar-refractivity contribution in [2.24, 2.45) is 5.92 Å². The number of rotatable bonds is 10. The number of benzene rings is 1. The van der Waals surface area contributed by atoms with Crippen LogP contribution in [-0.2, 0) is 4.74 Å². The van der Waals surface area contributed by atoms with Gasteiger partial charge in [-0.1, -0.05) is 11.2 Å². The number of H-pyrrole nitrogens is 1. The predicted molar refractivity (Wildman–Crippen MR) is 137 cm³/mol. The molecule has 0 radical (unpaired) electrons. The van der Waals surface area contributed by atoms with Gasteiger partial charge in [0.1, 0.15) is 17.6 Å². The average Bonchev–Trinajstić information content (AvgIpc) is 3.31. The molecule has 1 aromatic carbocycles. The van der Waals surface area contributed by atoms with Crippen molar-refractivity contribution in [1.29, 1.82) is 0 Å². The molecule has 43 heavy (non-hydrogen) atoms. The number of hydrogen-bond acceptors (Lipinski definition) is 7. The van der Waals surface area contributed by atoms with Gasteiger partial charge in [-0.15, -0.1) is 0 Å². The quantitative estimate of drug-likeness (QED) is 0.276. The maximum absolute atomic E-state index is 13.5. The largest absolute Gasteiger partial charge is 0.416 e. The summed E-state index contributed by atoms with van der Waals surface area (Å²) >= 11 is 0. The molecule has 5 rings (SSSR count). The van der Waals surface area contributed by atoms with E-state index >= 15 is 0 Å². The zero-order chi connectivity index (χ0) is 31.3. The standard InChI is InChI=1S/C26H29F6N7O4/c1-12-19(38-43-37-12)22(40)36-18(11-42-24(2,3)26(30,31)32)21-34-16-7-6-14(8-17(16)35-21)20(13-4-5-13)39-10-15(33-23(39)41)9-25(27,28)29/h6-8,13,15,18,20H,4-5,9-11H2,1-3H3,(H,33,41)(H,34,35)(H,36,40)/t15-,18+,20-/m1/s1. The first kappa shape index (κ1) is 30.6. The number of carbonyl (C=O) groups is 2. The van der Waals surface area contributed by atoms with Gasteiger partial charge in [-0.05, 0) is 62.4 Å². The molecule has 2 aromatic heterocycles. The van der Waals surface area contributed by atoms with Gasteiger partial charge >= 0.3 is 18.4 Å². The Morgan fingerprint density at radius 3 is 2.51 bits per heavy atom. The Bertz CT molecular complexity index is 1500. The number of aromatic nitrogens is 4. The number of hydrogen-bond donors (Lipinski definition) is 3. The van der Waals surface area contributed by atoms with E-state index in [1.807, 2.05) is 0 Å². The topological polar surface area (TPSA) is 138 Å². The van der Waals surface area contributed by atoms with Crippen molar-refractivity contribution in [3.8, 4) is 0 Å². The predicted octanol–water partition coefficient (Wildman–Crippen LogP) is 4.88. The lowest BCUT2D eigenvalue weighted by Crippen LogP contribution is -2.44. The minimum Gasteiger partial charge on any atom is -0.364 e. The fraction of sp³-hybridized carbons (Fsp3) is 0.577. The van der Waals surface area contributed by atoms with E-state index in [1.54, 1.807) is 18.2 Å². The van der Waals surface area contributed by atoms with Crippen molar-refractivity contribution in [2.75, 3.05) is 13.2 Å². The van der Waals surface area contributed by atoms with Crippen LogP contribution in [-0.4, -0.2) is 74.3 Å². The Kier molecular flexibility index (Phi) is 7.81. The van der Waals surface area contributed by atoms with E-state index in [9.17, 15) is 35.9 Å². The van der Waals surface area contributed by atoms with Crippen molar-refractivity contribution >= 4 is 23.0 Å². The van der Waals surface area contributed by atoms with Gasteiger partial charge in [-0.25, -0.2) is 14.4 Å². The summed E-state index contributed by atoms with van der Waals surface area (Å²) < 4.78 is 89.1. The molecule has 1 aliphatic carbocycles. The van der Waals surface area contributed by atoms with Crippen molar-refractivity contribution in [3.05, 3.63) is 41.0 Å². The molecule has 3 N–H and O–H groups in total. The van der Waals surface area contributed by atoms with E-state index in [2.05, 4.69) is 35.5 Å². The number of fused-ring (bicyclic) bond motifs is 1. The van der Waals surface area contributed by atoms with Gasteiger partial charge < -0.3 is 25.3 Å². The molecule has 3 heterocycles. The third-order valence-electron chi connectivity index (χ3n) is 7.55. The fourth-order valence-electron chi connectivity index (χ4n) is 5.00. The number of nitrogens with one attached hydrogen (secondary N) is 3. The molecule has 0 bridgehead atoms. The second kappa shape index (κ2) is 11.0. The lowest BCUT2D eigenvalue weighted by molar-refractivity contribution is -0.265. The minimum atomic E-state index is -4.70. The molecule has 1 aliphatic heterocycles. The number of aryl methyl sites for hydroxylation is 1. The number of amides is 3. The Morgan fingerprint density at radius 2 is 1.91 bits per heavy atom. The number of nitrogens with zero attached hydrogens (tertiary/aromatic N) is 4. The van der Waals surface area contributed by atoms with Gasteiger partial charge in [0.15, 0.2) is 11.3 Å². The SMILES string of the molecule is Cc1nonc1C(=O)N[C@@H](COC(C)(C)C(F)(F)F)c1nc2cc([C@@H](C3CC3)N3C[C@@H](CC(F)(F)F)NC3=O)ccc2[nH]1. The van der Waals surface area contributed by atoms with Crippen molar-refractivity contribution in [1.82, 2.24) is 35.8 Å². The molecular weight excluding hydrogens is 588 g/mol. The molecule has 2 aliphatic rings.